The second-order valence-electron chi connectivity index (χ2n) is 14.7. The summed E-state index contributed by atoms with van der Waals surface area (Å²) in [5.74, 6) is -0.882. The van der Waals surface area contributed by atoms with Crippen LogP contribution in [0.15, 0.2) is 107 Å². The van der Waals surface area contributed by atoms with Gasteiger partial charge in [-0.15, -0.1) is 0 Å². The molecule has 0 radical (unpaired) electrons. The van der Waals surface area contributed by atoms with Crippen molar-refractivity contribution in [2.75, 3.05) is 10.6 Å². The van der Waals surface area contributed by atoms with Crippen LogP contribution in [0, 0.1) is 0 Å². The van der Waals surface area contributed by atoms with Gasteiger partial charge in [0, 0.05) is 58.7 Å². The Morgan fingerprint density at radius 2 is 0.942 bits per heavy atom. The van der Waals surface area contributed by atoms with Crippen molar-refractivity contribution in [3.8, 4) is 0 Å². The number of pyridine rings is 2. The van der Waals surface area contributed by atoms with Crippen molar-refractivity contribution in [2.24, 2.45) is 11.5 Å². The van der Waals surface area contributed by atoms with Crippen LogP contribution in [0.4, 0.5) is 11.4 Å². The number of nitrogens with two attached hydrogens (primary N) is 2. The fourth-order valence-electron chi connectivity index (χ4n) is 6.21. The van der Waals surface area contributed by atoms with E-state index in [4.69, 9.17) is 11.5 Å². The highest BCUT2D eigenvalue weighted by molar-refractivity contribution is 6.06. The van der Waals surface area contributed by atoms with Crippen molar-refractivity contribution >= 4 is 45.0 Å². The van der Waals surface area contributed by atoms with Crippen molar-refractivity contribution < 1.29 is 9.59 Å². The number of rotatable bonds is 6. The SMILES string of the molecule is CC(C)(C)c1ccc(NC(=O)c2c[nH]c3ccccc3c2=O)cc1CN.CC(C)(C)c1ccc(NC(=O)c2c[nH]c3ccccc3c2=O)cc1CN. The fourth-order valence-corrected chi connectivity index (χ4v) is 6.21. The molecule has 268 valence electrons. The van der Waals surface area contributed by atoms with E-state index < -0.39 is 11.8 Å². The average molecular weight is 699 g/mol. The maximum Gasteiger partial charge on any atom is 0.261 e. The second kappa shape index (κ2) is 15.2. The lowest BCUT2D eigenvalue weighted by molar-refractivity contribution is 0.101. The number of nitrogens with one attached hydrogen (secondary N) is 4. The standard InChI is InChI=1S/2C21H23N3O2/c2*1-21(2,3)17-9-8-14(10-13(17)11-22)24-20(26)16-12-23-18-7-5-4-6-15(18)19(16)25/h2*4-10,12H,11,22H2,1-3H3,(H,23,25)(H,24,26). The van der Waals surface area contributed by atoms with Gasteiger partial charge in [-0.2, -0.15) is 0 Å². The van der Waals surface area contributed by atoms with Gasteiger partial charge in [-0.3, -0.25) is 19.2 Å². The molecule has 2 heterocycles. The Hall–Kier alpha value is -5.84. The molecule has 10 heteroatoms. The van der Waals surface area contributed by atoms with Gasteiger partial charge < -0.3 is 32.1 Å². The van der Waals surface area contributed by atoms with E-state index in [1.54, 1.807) is 36.4 Å². The molecule has 0 aliphatic heterocycles. The van der Waals surface area contributed by atoms with Crippen molar-refractivity contribution in [1.29, 1.82) is 0 Å². The Kier molecular flexibility index (Phi) is 10.9. The third kappa shape index (κ3) is 8.20. The minimum atomic E-state index is -0.441. The normalized spacial score (nSPS) is 11.5. The first kappa shape index (κ1) is 37.4. The Morgan fingerprint density at radius 3 is 1.29 bits per heavy atom. The van der Waals surface area contributed by atoms with Crippen LogP contribution in [0.1, 0.15) is 84.5 Å². The van der Waals surface area contributed by atoms with Crippen molar-refractivity contribution in [3.63, 3.8) is 0 Å². The topological polar surface area (TPSA) is 176 Å². The number of amides is 2. The van der Waals surface area contributed by atoms with Gasteiger partial charge >= 0.3 is 0 Å². The first-order chi connectivity index (χ1) is 24.6. The molecule has 4 aromatic carbocycles. The highest BCUT2D eigenvalue weighted by Gasteiger charge is 2.20. The van der Waals surface area contributed by atoms with Gasteiger partial charge in [0.15, 0.2) is 0 Å². The van der Waals surface area contributed by atoms with Crippen molar-refractivity contribution in [2.45, 2.75) is 65.5 Å². The van der Waals surface area contributed by atoms with E-state index in [9.17, 15) is 19.2 Å². The number of benzene rings is 4. The second-order valence-corrected chi connectivity index (χ2v) is 14.7. The van der Waals surface area contributed by atoms with Crippen LogP contribution in [-0.2, 0) is 23.9 Å². The first-order valence-electron chi connectivity index (χ1n) is 17.1. The van der Waals surface area contributed by atoms with E-state index in [1.165, 1.54) is 12.4 Å². The Labute approximate surface area is 302 Å². The van der Waals surface area contributed by atoms with Gasteiger partial charge in [0.2, 0.25) is 10.9 Å². The minimum Gasteiger partial charge on any atom is -0.360 e. The van der Waals surface area contributed by atoms with Gasteiger partial charge in [0.1, 0.15) is 11.1 Å². The summed E-state index contributed by atoms with van der Waals surface area (Å²) in [4.78, 5) is 56.3. The fraction of sp³-hybridized carbons (Fsp3) is 0.238. The van der Waals surface area contributed by atoms with Gasteiger partial charge in [0.05, 0.1) is 0 Å². The van der Waals surface area contributed by atoms with E-state index in [-0.39, 0.29) is 32.8 Å². The van der Waals surface area contributed by atoms with E-state index >= 15 is 0 Å². The lowest BCUT2D eigenvalue weighted by Gasteiger charge is -2.23. The van der Waals surface area contributed by atoms with Crippen LogP contribution < -0.4 is 33.0 Å². The summed E-state index contributed by atoms with van der Waals surface area (Å²) in [7, 11) is 0. The minimum absolute atomic E-state index is 0.0350. The number of carbonyl (C=O) groups is 2. The van der Waals surface area contributed by atoms with Gasteiger partial charge in [-0.1, -0.05) is 77.9 Å². The molecule has 6 rings (SSSR count). The van der Waals surface area contributed by atoms with Crippen LogP contribution in [0.2, 0.25) is 0 Å². The molecular formula is C42H46N6O4. The van der Waals surface area contributed by atoms with Crippen molar-refractivity contribution in [1.82, 2.24) is 9.97 Å². The summed E-state index contributed by atoms with van der Waals surface area (Å²) in [6.07, 6.45) is 2.90. The average Bonchev–Trinajstić information content (AvgIpc) is 3.11. The van der Waals surface area contributed by atoms with Crippen LogP contribution in [0.5, 0.6) is 0 Å². The highest BCUT2D eigenvalue weighted by Crippen LogP contribution is 2.29. The van der Waals surface area contributed by atoms with E-state index in [1.807, 2.05) is 48.5 Å². The Bertz CT molecular complexity index is 2230. The monoisotopic (exact) mass is 698 g/mol. The molecule has 0 aliphatic rings. The predicted octanol–water partition coefficient (Wildman–Crippen LogP) is 7.07. The number of hydrogen-bond acceptors (Lipinski definition) is 6. The van der Waals surface area contributed by atoms with Crippen LogP contribution in [0.25, 0.3) is 21.8 Å². The maximum absolute atomic E-state index is 12.6. The molecule has 0 saturated heterocycles. The number of para-hydroxylation sites is 2. The van der Waals surface area contributed by atoms with Crippen molar-refractivity contribution in [3.05, 3.63) is 151 Å². The Morgan fingerprint density at radius 1 is 0.577 bits per heavy atom. The summed E-state index contributed by atoms with van der Waals surface area (Å²) in [6.45, 7) is 13.5. The van der Waals surface area contributed by atoms with Crippen LogP contribution in [-0.4, -0.2) is 21.8 Å². The summed E-state index contributed by atoms with van der Waals surface area (Å²) < 4.78 is 0. The number of aromatic amines is 2. The molecule has 0 aliphatic carbocycles. The molecule has 0 fully saturated rings. The summed E-state index contributed by atoms with van der Waals surface area (Å²) in [5, 5.41) is 6.59. The Balaban J connectivity index is 0.000000201. The van der Waals surface area contributed by atoms with Crippen LogP contribution in [0.3, 0.4) is 0 Å². The molecular weight excluding hydrogens is 652 g/mol. The molecule has 0 atom stereocenters. The van der Waals surface area contributed by atoms with Gasteiger partial charge in [0.25, 0.3) is 11.8 Å². The van der Waals surface area contributed by atoms with Gasteiger partial charge in [-0.05, 0) is 81.6 Å². The van der Waals surface area contributed by atoms with E-state index in [0.29, 0.717) is 46.3 Å². The zero-order valence-corrected chi connectivity index (χ0v) is 30.4. The maximum atomic E-state index is 12.6. The number of H-pyrrole nitrogens is 2. The summed E-state index contributed by atoms with van der Waals surface area (Å²) in [5.41, 5.74) is 18.1. The molecule has 2 aromatic heterocycles. The van der Waals surface area contributed by atoms with E-state index in [2.05, 4.69) is 62.1 Å². The molecule has 10 nitrogen and oxygen atoms in total. The summed E-state index contributed by atoms with van der Waals surface area (Å²) in [6, 6.07) is 25.6. The molecule has 0 bridgehead atoms. The first-order valence-corrected chi connectivity index (χ1v) is 17.1. The smallest absolute Gasteiger partial charge is 0.261 e. The van der Waals surface area contributed by atoms with Crippen LogP contribution >= 0.6 is 0 Å². The quantitative estimate of drug-likeness (QED) is 0.108. The largest absolute Gasteiger partial charge is 0.360 e. The highest BCUT2D eigenvalue weighted by atomic mass is 16.2. The molecule has 6 aromatic rings. The number of aromatic nitrogens is 2. The number of anilines is 2. The molecule has 0 spiro atoms. The third-order valence-corrected chi connectivity index (χ3v) is 8.85. The van der Waals surface area contributed by atoms with Gasteiger partial charge in [-0.25, -0.2) is 0 Å². The van der Waals surface area contributed by atoms with E-state index in [0.717, 1.165) is 22.3 Å². The number of fused-ring (bicyclic) bond motifs is 2. The lowest BCUT2D eigenvalue weighted by Crippen LogP contribution is -2.22. The molecule has 2 amide bonds. The molecule has 52 heavy (non-hydrogen) atoms. The number of carbonyl (C=O) groups excluding carboxylic acids is 2. The summed E-state index contributed by atoms with van der Waals surface area (Å²) >= 11 is 0. The molecule has 0 unspecified atom stereocenters. The number of hydrogen-bond donors (Lipinski definition) is 6. The lowest BCUT2D eigenvalue weighted by atomic mass is 9.83. The third-order valence-electron chi connectivity index (χ3n) is 8.85. The zero-order valence-electron chi connectivity index (χ0n) is 30.4. The molecule has 8 N–H and O–H groups in total. The molecule has 0 saturated carbocycles. The predicted molar refractivity (Wildman–Crippen MR) is 211 cm³/mol. The zero-order chi connectivity index (χ0) is 37.8.